The molecule has 0 aliphatic heterocycles. The zero-order valence-electron chi connectivity index (χ0n) is 10.7. The molecule has 0 aromatic heterocycles. The Morgan fingerprint density at radius 1 is 1.44 bits per heavy atom. The smallest absolute Gasteiger partial charge is 0.234 e. The van der Waals surface area contributed by atoms with Crippen LogP contribution in [0.15, 0.2) is 24.3 Å². The van der Waals surface area contributed by atoms with E-state index < -0.39 is 0 Å². The average molecular weight is 254 g/mol. The lowest BCUT2D eigenvalue weighted by Crippen LogP contribution is -2.43. The van der Waals surface area contributed by atoms with Crippen molar-refractivity contribution in [2.24, 2.45) is 5.73 Å². The summed E-state index contributed by atoms with van der Waals surface area (Å²) in [7, 11) is 1.60. The Morgan fingerprint density at radius 3 is 2.56 bits per heavy atom. The molecule has 1 rings (SSSR count). The molecule has 0 heterocycles. The lowest BCUT2D eigenvalue weighted by molar-refractivity contribution is -0.123. The van der Waals surface area contributed by atoms with E-state index in [1.807, 2.05) is 4.90 Å². The van der Waals surface area contributed by atoms with Crippen LogP contribution in [0.3, 0.4) is 0 Å². The summed E-state index contributed by atoms with van der Waals surface area (Å²) in [6.07, 6.45) is 0. The molecule has 18 heavy (non-hydrogen) atoms. The average Bonchev–Trinajstić information content (AvgIpc) is 2.35. The Kier molecular flexibility index (Phi) is 5.74. The fourth-order valence-corrected chi connectivity index (χ4v) is 1.62. The third-order valence-corrected chi connectivity index (χ3v) is 2.84. The van der Waals surface area contributed by atoms with Crippen LogP contribution in [0.1, 0.15) is 12.5 Å². The van der Waals surface area contributed by atoms with Gasteiger partial charge in [0.15, 0.2) is 0 Å². The molecule has 4 nitrogen and oxygen atoms in total. The van der Waals surface area contributed by atoms with Gasteiger partial charge in [-0.3, -0.25) is 9.69 Å². The molecular formula is C13H19FN2O2. The molecule has 5 heteroatoms. The summed E-state index contributed by atoms with van der Waals surface area (Å²) in [6, 6.07) is 5.81. The second-order valence-electron chi connectivity index (χ2n) is 4.17. The standard InChI is InChI=1S/C13H19FN2O2/c1-10(13(15)17)16(7-8-18-2)9-11-3-5-12(14)6-4-11/h3-6,10H,7-9H2,1-2H3,(H2,15,17). The van der Waals surface area contributed by atoms with E-state index in [-0.39, 0.29) is 17.8 Å². The second-order valence-corrected chi connectivity index (χ2v) is 4.17. The summed E-state index contributed by atoms with van der Waals surface area (Å²) in [6.45, 7) is 3.39. The van der Waals surface area contributed by atoms with E-state index >= 15 is 0 Å². The maximum atomic E-state index is 12.8. The molecule has 1 unspecified atom stereocenters. The van der Waals surface area contributed by atoms with Gasteiger partial charge >= 0.3 is 0 Å². The maximum Gasteiger partial charge on any atom is 0.234 e. The van der Waals surface area contributed by atoms with Crippen molar-refractivity contribution in [1.29, 1.82) is 0 Å². The molecule has 0 radical (unpaired) electrons. The summed E-state index contributed by atoms with van der Waals surface area (Å²) in [5.41, 5.74) is 6.24. The van der Waals surface area contributed by atoms with Crippen molar-refractivity contribution >= 4 is 5.91 Å². The molecule has 100 valence electrons. The van der Waals surface area contributed by atoms with Crippen LogP contribution in [-0.4, -0.2) is 37.1 Å². The number of benzene rings is 1. The van der Waals surface area contributed by atoms with Crippen LogP contribution in [0, 0.1) is 5.82 Å². The van der Waals surface area contributed by atoms with E-state index in [2.05, 4.69) is 0 Å². The minimum absolute atomic E-state index is 0.273. The van der Waals surface area contributed by atoms with Crippen molar-refractivity contribution < 1.29 is 13.9 Å². The lowest BCUT2D eigenvalue weighted by atomic mass is 10.1. The summed E-state index contributed by atoms with van der Waals surface area (Å²) in [5, 5.41) is 0. The van der Waals surface area contributed by atoms with Crippen LogP contribution in [0.5, 0.6) is 0 Å². The number of nitrogens with two attached hydrogens (primary N) is 1. The highest BCUT2D eigenvalue weighted by molar-refractivity contribution is 5.79. The van der Waals surface area contributed by atoms with Gasteiger partial charge in [0.2, 0.25) is 5.91 Å². The molecule has 0 bridgehead atoms. The van der Waals surface area contributed by atoms with Crippen LogP contribution in [0.25, 0.3) is 0 Å². The molecule has 1 aromatic carbocycles. The number of carbonyl (C=O) groups excluding carboxylic acids is 1. The fourth-order valence-electron chi connectivity index (χ4n) is 1.62. The molecular weight excluding hydrogens is 235 g/mol. The normalized spacial score (nSPS) is 12.7. The Hall–Kier alpha value is -1.46. The first-order valence-electron chi connectivity index (χ1n) is 5.81. The highest BCUT2D eigenvalue weighted by Crippen LogP contribution is 2.09. The van der Waals surface area contributed by atoms with Gasteiger partial charge in [-0.25, -0.2) is 4.39 Å². The molecule has 0 saturated carbocycles. The highest BCUT2D eigenvalue weighted by Gasteiger charge is 2.18. The number of ether oxygens (including phenoxy) is 1. The Labute approximate surface area is 107 Å². The Morgan fingerprint density at radius 2 is 2.06 bits per heavy atom. The number of primary amides is 1. The van der Waals surface area contributed by atoms with Gasteiger partial charge in [-0.15, -0.1) is 0 Å². The van der Waals surface area contributed by atoms with Crippen LogP contribution in [-0.2, 0) is 16.1 Å². The van der Waals surface area contributed by atoms with Crippen LogP contribution in [0.2, 0.25) is 0 Å². The maximum absolute atomic E-state index is 12.8. The van der Waals surface area contributed by atoms with Crippen molar-refractivity contribution in [2.75, 3.05) is 20.3 Å². The third-order valence-electron chi connectivity index (χ3n) is 2.84. The highest BCUT2D eigenvalue weighted by atomic mass is 19.1. The number of hydrogen-bond acceptors (Lipinski definition) is 3. The zero-order chi connectivity index (χ0) is 13.5. The lowest BCUT2D eigenvalue weighted by Gasteiger charge is -2.26. The molecule has 1 atom stereocenters. The van der Waals surface area contributed by atoms with E-state index in [4.69, 9.17) is 10.5 Å². The fraction of sp³-hybridized carbons (Fsp3) is 0.462. The zero-order valence-corrected chi connectivity index (χ0v) is 10.7. The molecule has 1 amide bonds. The molecule has 0 aliphatic carbocycles. The number of hydrogen-bond donors (Lipinski definition) is 1. The van der Waals surface area contributed by atoms with Crippen LogP contribution >= 0.6 is 0 Å². The van der Waals surface area contributed by atoms with Crippen molar-refractivity contribution in [3.63, 3.8) is 0 Å². The molecule has 1 aromatic rings. The minimum Gasteiger partial charge on any atom is -0.383 e. The van der Waals surface area contributed by atoms with E-state index in [1.54, 1.807) is 26.2 Å². The minimum atomic E-state index is -0.384. The van der Waals surface area contributed by atoms with Crippen molar-refractivity contribution in [1.82, 2.24) is 4.90 Å². The molecule has 0 spiro atoms. The number of amides is 1. The predicted octanol–water partition coefficient (Wildman–Crippen LogP) is 1.15. The summed E-state index contributed by atoms with van der Waals surface area (Å²) < 4.78 is 17.8. The molecule has 0 saturated heterocycles. The largest absolute Gasteiger partial charge is 0.383 e. The van der Waals surface area contributed by atoms with Crippen molar-refractivity contribution in [3.05, 3.63) is 35.6 Å². The summed E-state index contributed by atoms with van der Waals surface area (Å²) in [5.74, 6) is -0.654. The van der Waals surface area contributed by atoms with E-state index in [1.165, 1.54) is 12.1 Å². The van der Waals surface area contributed by atoms with Gasteiger partial charge in [0.25, 0.3) is 0 Å². The third kappa shape index (κ3) is 4.43. The first-order valence-corrected chi connectivity index (χ1v) is 5.81. The van der Waals surface area contributed by atoms with Crippen molar-refractivity contribution in [2.45, 2.75) is 19.5 Å². The Bertz CT molecular complexity index is 381. The van der Waals surface area contributed by atoms with Crippen molar-refractivity contribution in [3.8, 4) is 0 Å². The Balaban J connectivity index is 2.70. The molecule has 2 N–H and O–H groups in total. The monoisotopic (exact) mass is 254 g/mol. The SMILES string of the molecule is COCCN(Cc1ccc(F)cc1)C(C)C(N)=O. The quantitative estimate of drug-likeness (QED) is 0.794. The number of methoxy groups -OCH3 is 1. The van der Waals surface area contributed by atoms with Crippen LogP contribution in [0.4, 0.5) is 4.39 Å². The summed E-state index contributed by atoms with van der Waals surface area (Å²) in [4.78, 5) is 13.1. The van der Waals surface area contributed by atoms with Crippen LogP contribution < -0.4 is 5.73 Å². The number of halogens is 1. The molecule has 0 fully saturated rings. The van der Waals surface area contributed by atoms with Gasteiger partial charge in [-0.05, 0) is 24.6 Å². The number of rotatable bonds is 7. The number of nitrogens with zero attached hydrogens (tertiary/aromatic N) is 1. The van der Waals surface area contributed by atoms with Gasteiger partial charge in [-0.1, -0.05) is 12.1 Å². The van der Waals surface area contributed by atoms with Gasteiger partial charge < -0.3 is 10.5 Å². The second kappa shape index (κ2) is 7.08. The topological polar surface area (TPSA) is 55.6 Å². The predicted molar refractivity (Wildman–Crippen MR) is 67.3 cm³/mol. The molecule has 0 aliphatic rings. The van der Waals surface area contributed by atoms with Gasteiger partial charge in [0.1, 0.15) is 5.82 Å². The van der Waals surface area contributed by atoms with E-state index in [0.717, 1.165) is 5.56 Å². The number of carbonyl (C=O) groups is 1. The van der Waals surface area contributed by atoms with E-state index in [0.29, 0.717) is 19.7 Å². The van der Waals surface area contributed by atoms with Gasteiger partial charge in [-0.2, -0.15) is 0 Å². The van der Waals surface area contributed by atoms with E-state index in [9.17, 15) is 9.18 Å². The van der Waals surface area contributed by atoms with Gasteiger partial charge in [0, 0.05) is 20.2 Å². The summed E-state index contributed by atoms with van der Waals surface area (Å²) >= 11 is 0. The van der Waals surface area contributed by atoms with Gasteiger partial charge in [0.05, 0.1) is 12.6 Å². The first kappa shape index (κ1) is 14.6. The first-order chi connectivity index (χ1) is 8.54.